The lowest BCUT2D eigenvalue weighted by atomic mass is 10.2. The van der Waals surface area contributed by atoms with Gasteiger partial charge in [-0.3, -0.25) is 0 Å². The SMILES string of the molecule is CC(C)N(CCO)c1nccc(CO)c1F. The van der Waals surface area contributed by atoms with Gasteiger partial charge in [-0.05, 0) is 19.9 Å². The van der Waals surface area contributed by atoms with Crippen molar-refractivity contribution in [3.8, 4) is 0 Å². The second-order valence-electron chi connectivity index (χ2n) is 3.78. The Morgan fingerprint density at radius 3 is 2.62 bits per heavy atom. The van der Waals surface area contributed by atoms with Crippen molar-refractivity contribution in [2.75, 3.05) is 18.1 Å². The lowest BCUT2D eigenvalue weighted by molar-refractivity contribution is 0.275. The van der Waals surface area contributed by atoms with Crippen molar-refractivity contribution < 1.29 is 14.6 Å². The summed E-state index contributed by atoms with van der Waals surface area (Å²) in [5, 5.41) is 17.9. The van der Waals surface area contributed by atoms with Crippen LogP contribution in [0.25, 0.3) is 0 Å². The molecule has 5 heteroatoms. The van der Waals surface area contributed by atoms with Crippen LogP contribution < -0.4 is 4.90 Å². The molecule has 0 aliphatic heterocycles. The monoisotopic (exact) mass is 228 g/mol. The number of pyridine rings is 1. The number of rotatable bonds is 5. The molecule has 0 radical (unpaired) electrons. The summed E-state index contributed by atoms with van der Waals surface area (Å²) >= 11 is 0. The summed E-state index contributed by atoms with van der Waals surface area (Å²) in [6.07, 6.45) is 1.46. The van der Waals surface area contributed by atoms with Crippen LogP contribution in [-0.4, -0.2) is 34.4 Å². The van der Waals surface area contributed by atoms with Gasteiger partial charge in [0.05, 0.1) is 13.2 Å². The third-order valence-corrected chi connectivity index (χ3v) is 2.36. The van der Waals surface area contributed by atoms with Crippen LogP contribution in [0.5, 0.6) is 0 Å². The summed E-state index contributed by atoms with van der Waals surface area (Å²) < 4.78 is 13.9. The fraction of sp³-hybridized carbons (Fsp3) is 0.545. The Kier molecular flexibility index (Phi) is 4.64. The average molecular weight is 228 g/mol. The molecule has 0 aromatic carbocycles. The van der Waals surface area contributed by atoms with Crippen molar-refractivity contribution >= 4 is 5.82 Å². The average Bonchev–Trinajstić information content (AvgIpc) is 2.26. The molecule has 16 heavy (non-hydrogen) atoms. The zero-order valence-corrected chi connectivity index (χ0v) is 9.52. The molecule has 1 aromatic heterocycles. The Bertz CT molecular complexity index is 345. The van der Waals surface area contributed by atoms with E-state index in [0.717, 1.165) is 0 Å². The second kappa shape index (κ2) is 5.77. The quantitative estimate of drug-likeness (QED) is 0.787. The molecule has 1 heterocycles. The fourth-order valence-corrected chi connectivity index (χ4v) is 1.51. The predicted octanol–water partition coefficient (Wildman–Crippen LogP) is 0.920. The standard InChI is InChI=1S/C11H17FN2O2/c1-8(2)14(5-6-15)11-10(12)9(7-16)3-4-13-11/h3-4,8,15-16H,5-7H2,1-2H3. The normalized spacial score (nSPS) is 10.9. The highest BCUT2D eigenvalue weighted by molar-refractivity contribution is 5.43. The van der Waals surface area contributed by atoms with E-state index in [1.54, 1.807) is 4.90 Å². The van der Waals surface area contributed by atoms with Gasteiger partial charge < -0.3 is 15.1 Å². The van der Waals surface area contributed by atoms with Crippen LogP contribution in [0.15, 0.2) is 12.3 Å². The van der Waals surface area contributed by atoms with Gasteiger partial charge in [0, 0.05) is 24.3 Å². The molecule has 1 rings (SSSR count). The second-order valence-corrected chi connectivity index (χ2v) is 3.78. The molecule has 2 N–H and O–H groups in total. The minimum Gasteiger partial charge on any atom is -0.395 e. The van der Waals surface area contributed by atoms with Crippen LogP contribution in [0.3, 0.4) is 0 Å². The Hall–Kier alpha value is -1.20. The summed E-state index contributed by atoms with van der Waals surface area (Å²) in [6.45, 7) is 3.68. The van der Waals surface area contributed by atoms with Gasteiger partial charge in [-0.1, -0.05) is 0 Å². The summed E-state index contributed by atoms with van der Waals surface area (Å²) in [7, 11) is 0. The largest absolute Gasteiger partial charge is 0.395 e. The fourth-order valence-electron chi connectivity index (χ4n) is 1.51. The summed E-state index contributed by atoms with van der Waals surface area (Å²) in [4.78, 5) is 5.62. The minimum absolute atomic E-state index is 0.0306. The Balaban J connectivity index is 3.08. The number of hydrogen-bond acceptors (Lipinski definition) is 4. The number of anilines is 1. The number of aliphatic hydroxyl groups excluding tert-OH is 2. The maximum absolute atomic E-state index is 13.9. The molecule has 0 fully saturated rings. The smallest absolute Gasteiger partial charge is 0.171 e. The van der Waals surface area contributed by atoms with Gasteiger partial charge in [-0.15, -0.1) is 0 Å². The zero-order valence-electron chi connectivity index (χ0n) is 9.52. The Morgan fingerprint density at radius 2 is 2.12 bits per heavy atom. The van der Waals surface area contributed by atoms with Gasteiger partial charge >= 0.3 is 0 Å². The lowest BCUT2D eigenvalue weighted by Crippen LogP contribution is -2.35. The molecular weight excluding hydrogens is 211 g/mol. The summed E-state index contributed by atoms with van der Waals surface area (Å²) in [6, 6.07) is 1.47. The van der Waals surface area contributed by atoms with Gasteiger partial charge in [0.1, 0.15) is 0 Å². The maximum atomic E-state index is 13.9. The molecule has 0 bridgehead atoms. The molecule has 0 amide bonds. The van der Waals surface area contributed by atoms with Crippen LogP contribution in [0, 0.1) is 5.82 Å². The van der Waals surface area contributed by atoms with Gasteiger partial charge in [-0.25, -0.2) is 9.37 Å². The van der Waals surface area contributed by atoms with Crippen molar-refractivity contribution in [3.63, 3.8) is 0 Å². The van der Waals surface area contributed by atoms with E-state index in [2.05, 4.69) is 4.98 Å². The van der Waals surface area contributed by atoms with Crippen LogP contribution in [-0.2, 0) is 6.61 Å². The van der Waals surface area contributed by atoms with Gasteiger partial charge in [0.25, 0.3) is 0 Å². The minimum atomic E-state index is -0.521. The van der Waals surface area contributed by atoms with E-state index in [4.69, 9.17) is 10.2 Å². The molecule has 1 aromatic rings. The van der Waals surface area contributed by atoms with Gasteiger partial charge in [0.15, 0.2) is 11.6 Å². The van der Waals surface area contributed by atoms with Crippen LogP contribution in [0.4, 0.5) is 10.2 Å². The molecule has 0 spiro atoms. The van der Waals surface area contributed by atoms with E-state index in [9.17, 15) is 4.39 Å². The summed E-state index contributed by atoms with van der Waals surface area (Å²) in [5.41, 5.74) is 0.216. The number of halogens is 1. The third-order valence-electron chi connectivity index (χ3n) is 2.36. The van der Waals surface area contributed by atoms with E-state index in [0.29, 0.717) is 6.54 Å². The van der Waals surface area contributed by atoms with Crippen molar-refractivity contribution in [3.05, 3.63) is 23.6 Å². The van der Waals surface area contributed by atoms with Crippen molar-refractivity contribution in [2.45, 2.75) is 26.5 Å². The lowest BCUT2D eigenvalue weighted by Gasteiger charge is -2.27. The van der Waals surface area contributed by atoms with Gasteiger partial charge in [0.2, 0.25) is 0 Å². The molecule has 0 unspecified atom stereocenters. The van der Waals surface area contributed by atoms with Crippen molar-refractivity contribution in [1.29, 1.82) is 0 Å². The van der Waals surface area contributed by atoms with E-state index < -0.39 is 5.82 Å². The first-order chi connectivity index (χ1) is 7.61. The van der Waals surface area contributed by atoms with E-state index >= 15 is 0 Å². The van der Waals surface area contributed by atoms with E-state index in [-0.39, 0.29) is 30.6 Å². The summed E-state index contributed by atoms with van der Waals surface area (Å²) in [5.74, 6) is -0.345. The molecule has 0 saturated carbocycles. The van der Waals surface area contributed by atoms with E-state index in [1.807, 2.05) is 13.8 Å². The topological polar surface area (TPSA) is 56.6 Å². The third kappa shape index (κ3) is 2.68. The maximum Gasteiger partial charge on any atom is 0.171 e. The number of nitrogens with zero attached hydrogens (tertiary/aromatic N) is 2. The zero-order chi connectivity index (χ0) is 12.1. The first-order valence-electron chi connectivity index (χ1n) is 5.23. The van der Waals surface area contributed by atoms with Crippen molar-refractivity contribution in [2.24, 2.45) is 0 Å². The molecule has 0 aliphatic rings. The first-order valence-corrected chi connectivity index (χ1v) is 5.23. The number of aliphatic hydroxyl groups is 2. The van der Waals surface area contributed by atoms with Crippen LogP contribution in [0.1, 0.15) is 19.4 Å². The Morgan fingerprint density at radius 1 is 1.44 bits per heavy atom. The highest BCUT2D eigenvalue weighted by Crippen LogP contribution is 2.21. The molecule has 90 valence electrons. The van der Waals surface area contributed by atoms with Crippen LogP contribution >= 0.6 is 0 Å². The van der Waals surface area contributed by atoms with E-state index in [1.165, 1.54) is 12.3 Å². The van der Waals surface area contributed by atoms with Crippen molar-refractivity contribution in [1.82, 2.24) is 4.98 Å². The van der Waals surface area contributed by atoms with Gasteiger partial charge in [-0.2, -0.15) is 0 Å². The number of aromatic nitrogens is 1. The molecule has 0 aliphatic carbocycles. The van der Waals surface area contributed by atoms with Crippen LogP contribution in [0.2, 0.25) is 0 Å². The molecule has 0 saturated heterocycles. The molecular formula is C11H17FN2O2. The highest BCUT2D eigenvalue weighted by Gasteiger charge is 2.17. The Labute approximate surface area is 94.4 Å². The molecule has 4 nitrogen and oxygen atoms in total. The number of hydrogen-bond donors (Lipinski definition) is 2. The highest BCUT2D eigenvalue weighted by atomic mass is 19.1. The molecule has 0 atom stereocenters. The first kappa shape index (κ1) is 12.9. The predicted molar refractivity (Wildman–Crippen MR) is 59.7 cm³/mol.